The highest BCUT2D eigenvalue weighted by Crippen LogP contribution is 2.17. The van der Waals surface area contributed by atoms with Crippen molar-refractivity contribution in [2.24, 2.45) is 0 Å². The minimum absolute atomic E-state index is 0.123. The standard InChI is InChI=1S/C10H13N5OS2/c1-3-8-13-7(5-17-8)6(2)12-10(16)14-9-4-11-15-18-9/h4-6H,3H2,1-2H3,(H2,12,14,16)/t6-/m1/s1. The van der Waals surface area contributed by atoms with Crippen molar-refractivity contribution in [2.45, 2.75) is 26.3 Å². The summed E-state index contributed by atoms with van der Waals surface area (Å²) >= 11 is 2.74. The van der Waals surface area contributed by atoms with Crippen LogP contribution in [0.15, 0.2) is 11.6 Å². The van der Waals surface area contributed by atoms with Crippen LogP contribution in [-0.2, 0) is 6.42 Å². The summed E-state index contributed by atoms with van der Waals surface area (Å²) in [4.78, 5) is 16.1. The highest BCUT2D eigenvalue weighted by molar-refractivity contribution is 7.10. The molecule has 1 atom stereocenters. The predicted octanol–water partition coefficient (Wildman–Crippen LogP) is 2.44. The van der Waals surface area contributed by atoms with E-state index in [4.69, 9.17) is 0 Å². The lowest BCUT2D eigenvalue weighted by Gasteiger charge is -2.11. The molecule has 0 aromatic carbocycles. The molecule has 2 aromatic rings. The quantitative estimate of drug-likeness (QED) is 0.903. The summed E-state index contributed by atoms with van der Waals surface area (Å²) in [6, 6.07) is -0.401. The molecule has 2 rings (SSSR count). The first-order valence-electron chi connectivity index (χ1n) is 5.48. The van der Waals surface area contributed by atoms with E-state index in [9.17, 15) is 4.79 Å². The SMILES string of the molecule is CCc1nc([C@@H](C)NC(=O)Nc2cnns2)cs1. The predicted molar refractivity (Wildman–Crippen MR) is 72.0 cm³/mol. The van der Waals surface area contributed by atoms with Crippen molar-refractivity contribution >= 4 is 33.9 Å². The Labute approximate surface area is 113 Å². The first-order chi connectivity index (χ1) is 8.69. The lowest BCUT2D eigenvalue weighted by Crippen LogP contribution is -2.31. The number of rotatable bonds is 4. The molecule has 0 saturated heterocycles. The fraction of sp³-hybridized carbons (Fsp3) is 0.400. The lowest BCUT2D eigenvalue weighted by atomic mass is 10.3. The molecule has 0 spiro atoms. The molecule has 0 bridgehead atoms. The summed E-state index contributed by atoms with van der Waals surface area (Å²) in [5.41, 5.74) is 0.884. The van der Waals surface area contributed by atoms with Gasteiger partial charge in [0, 0.05) is 16.9 Å². The van der Waals surface area contributed by atoms with Crippen LogP contribution in [0, 0.1) is 0 Å². The minimum atomic E-state index is -0.278. The highest BCUT2D eigenvalue weighted by Gasteiger charge is 2.13. The average Bonchev–Trinajstić information content (AvgIpc) is 2.98. The van der Waals surface area contributed by atoms with Crippen LogP contribution in [-0.4, -0.2) is 20.6 Å². The zero-order valence-corrected chi connectivity index (χ0v) is 11.6. The van der Waals surface area contributed by atoms with E-state index in [0.29, 0.717) is 5.00 Å². The number of nitrogens with zero attached hydrogens (tertiary/aromatic N) is 3. The van der Waals surface area contributed by atoms with Gasteiger partial charge in [0.05, 0.1) is 22.9 Å². The zero-order valence-electron chi connectivity index (χ0n) is 10.0. The van der Waals surface area contributed by atoms with Crippen molar-refractivity contribution < 1.29 is 4.79 Å². The monoisotopic (exact) mass is 283 g/mol. The molecule has 6 nitrogen and oxygen atoms in total. The van der Waals surface area contributed by atoms with Crippen LogP contribution in [0.3, 0.4) is 0 Å². The van der Waals surface area contributed by atoms with Crippen LogP contribution < -0.4 is 10.6 Å². The molecule has 8 heteroatoms. The number of carbonyl (C=O) groups excluding carboxylic acids is 1. The first-order valence-corrected chi connectivity index (χ1v) is 7.13. The zero-order chi connectivity index (χ0) is 13.0. The topological polar surface area (TPSA) is 79.8 Å². The van der Waals surface area contributed by atoms with E-state index in [1.54, 1.807) is 11.3 Å². The molecule has 2 aromatic heterocycles. The third-order valence-electron chi connectivity index (χ3n) is 2.26. The van der Waals surface area contributed by atoms with Gasteiger partial charge in [-0.15, -0.1) is 16.4 Å². The van der Waals surface area contributed by atoms with E-state index in [-0.39, 0.29) is 12.1 Å². The second-order valence-electron chi connectivity index (χ2n) is 3.62. The lowest BCUT2D eigenvalue weighted by molar-refractivity contribution is 0.249. The second-order valence-corrected chi connectivity index (χ2v) is 5.35. The summed E-state index contributed by atoms with van der Waals surface area (Å²) in [6.45, 7) is 3.96. The van der Waals surface area contributed by atoms with Gasteiger partial charge < -0.3 is 5.32 Å². The van der Waals surface area contributed by atoms with Gasteiger partial charge in [0.2, 0.25) is 0 Å². The normalized spacial score (nSPS) is 12.1. The molecule has 96 valence electrons. The third kappa shape index (κ3) is 3.23. The van der Waals surface area contributed by atoms with Crippen LogP contribution in [0.25, 0.3) is 0 Å². The van der Waals surface area contributed by atoms with Gasteiger partial charge in [0.1, 0.15) is 5.00 Å². The van der Waals surface area contributed by atoms with Crippen LogP contribution in [0.4, 0.5) is 9.80 Å². The number of hydrogen-bond acceptors (Lipinski definition) is 6. The molecular formula is C10H13N5OS2. The smallest absolute Gasteiger partial charge is 0.320 e. The minimum Gasteiger partial charge on any atom is -0.330 e. The molecule has 18 heavy (non-hydrogen) atoms. The van der Waals surface area contributed by atoms with Gasteiger partial charge in [-0.1, -0.05) is 11.4 Å². The molecule has 0 fully saturated rings. The maximum atomic E-state index is 11.7. The maximum Gasteiger partial charge on any atom is 0.320 e. The summed E-state index contributed by atoms with van der Waals surface area (Å²) in [7, 11) is 0. The van der Waals surface area contributed by atoms with Crippen molar-refractivity contribution in [1.29, 1.82) is 0 Å². The van der Waals surface area contributed by atoms with E-state index in [1.165, 1.54) is 6.20 Å². The van der Waals surface area contributed by atoms with Gasteiger partial charge in [0.25, 0.3) is 0 Å². The summed E-state index contributed by atoms with van der Waals surface area (Å²) < 4.78 is 3.67. The van der Waals surface area contributed by atoms with E-state index in [0.717, 1.165) is 28.7 Å². The Morgan fingerprint density at radius 1 is 1.56 bits per heavy atom. The highest BCUT2D eigenvalue weighted by atomic mass is 32.1. The largest absolute Gasteiger partial charge is 0.330 e. The first kappa shape index (κ1) is 12.9. The number of anilines is 1. The molecule has 0 aliphatic rings. The summed E-state index contributed by atoms with van der Waals surface area (Å²) in [5.74, 6) is 0. The summed E-state index contributed by atoms with van der Waals surface area (Å²) in [5, 5.41) is 12.8. The van der Waals surface area contributed by atoms with Crippen molar-refractivity contribution in [3.63, 3.8) is 0 Å². The molecule has 0 aliphatic heterocycles. The van der Waals surface area contributed by atoms with E-state index in [1.807, 2.05) is 12.3 Å². The van der Waals surface area contributed by atoms with Crippen LogP contribution >= 0.6 is 22.9 Å². The Morgan fingerprint density at radius 3 is 3.00 bits per heavy atom. The molecule has 0 unspecified atom stereocenters. The van der Waals surface area contributed by atoms with E-state index < -0.39 is 0 Å². The number of carbonyl (C=O) groups is 1. The number of thiazole rings is 1. The van der Waals surface area contributed by atoms with Gasteiger partial charge in [-0.25, -0.2) is 9.78 Å². The fourth-order valence-electron chi connectivity index (χ4n) is 1.33. The van der Waals surface area contributed by atoms with Crippen molar-refractivity contribution in [1.82, 2.24) is 19.9 Å². The average molecular weight is 283 g/mol. The number of nitrogens with one attached hydrogen (secondary N) is 2. The molecule has 2 N–H and O–H groups in total. The van der Waals surface area contributed by atoms with E-state index in [2.05, 4.69) is 32.1 Å². The molecule has 0 aliphatic carbocycles. The molecule has 2 amide bonds. The number of hydrogen-bond donors (Lipinski definition) is 2. The van der Waals surface area contributed by atoms with Gasteiger partial charge in [-0.2, -0.15) is 0 Å². The molecule has 2 heterocycles. The molecule has 0 radical (unpaired) electrons. The second kappa shape index (κ2) is 5.87. The Morgan fingerprint density at radius 2 is 2.39 bits per heavy atom. The number of aromatic nitrogens is 3. The van der Waals surface area contributed by atoms with E-state index >= 15 is 0 Å². The number of amides is 2. The summed E-state index contributed by atoms with van der Waals surface area (Å²) in [6.07, 6.45) is 2.42. The van der Waals surface area contributed by atoms with Crippen LogP contribution in [0.2, 0.25) is 0 Å². The Kier molecular flexibility index (Phi) is 4.21. The Hall–Kier alpha value is -1.54. The number of urea groups is 1. The Balaban J connectivity index is 1.90. The third-order valence-corrected chi connectivity index (χ3v) is 3.85. The molecular weight excluding hydrogens is 270 g/mol. The molecule has 0 saturated carbocycles. The maximum absolute atomic E-state index is 11.7. The van der Waals surface area contributed by atoms with Crippen LogP contribution in [0.1, 0.15) is 30.6 Å². The van der Waals surface area contributed by atoms with Gasteiger partial charge in [-0.05, 0) is 13.3 Å². The van der Waals surface area contributed by atoms with Crippen LogP contribution in [0.5, 0.6) is 0 Å². The van der Waals surface area contributed by atoms with Gasteiger partial charge in [-0.3, -0.25) is 5.32 Å². The van der Waals surface area contributed by atoms with Crippen molar-refractivity contribution in [2.75, 3.05) is 5.32 Å². The number of aryl methyl sites for hydroxylation is 1. The van der Waals surface area contributed by atoms with Crippen molar-refractivity contribution in [3.05, 3.63) is 22.3 Å². The van der Waals surface area contributed by atoms with Gasteiger partial charge >= 0.3 is 6.03 Å². The van der Waals surface area contributed by atoms with Crippen molar-refractivity contribution in [3.8, 4) is 0 Å². The fourth-order valence-corrected chi connectivity index (χ4v) is 2.58. The van der Waals surface area contributed by atoms with Gasteiger partial charge in [0.15, 0.2) is 0 Å². The Bertz CT molecular complexity index is 510.